The van der Waals surface area contributed by atoms with Gasteiger partial charge in [-0.05, 0) is 41.7 Å². The minimum absolute atomic E-state index is 0.632. The van der Waals surface area contributed by atoms with Crippen molar-refractivity contribution in [3.05, 3.63) is 65.9 Å². The Morgan fingerprint density at radius 2 is 1.81 bits per heavy atom. The fraction of sp³-hybridized carbons (Fsp3) is 0.263. The maximum Gasteiger partial charge on any atom is 0.0457 e. The van der Waals surface area contributed by atoms with Crippen LogP contribution in [0, 0.1) is 0 Å². The normalized spacial score (nSPS) is 12.5. The van der Waals surface area contributed by atoms with Crippen LogP contribution in [0.4, 0.5) is 5.69 Å². The van der Waals surface area contributed by atoms with E-state index in [0.29, 0.717) is 5.92 Å². The van der Waals surface area contributed by atoms with Crippen LogP contribution in [0.15, 0.2) is 54.7 Å². The molecule has 0 aliphatic rings. The van der Waals surface area contributed by atoms with Gasteiger partial charge in [0.2, 0.25) is 0 Å². The average molecular weight is 278 g/mol. The summed E-state index contributed by atoms with van der Waals surface area (Å²) in [5, 5.41) is 4.80. The molecule has 0 spiro atoms. The summed E-state index contributed by atoms with van der Waals surface area (Å²) in [7, 11) is 0. The lowest BCUT2D eigenvalue weighted by molar-refractivity contribution is 0.734. The third-order valence-corrected chi connectivity index (χ3v) is 4.25. The number of anilines is 1. The van der Waals surface area contributed by atoms with Crippen LogP contribution in [-0.2, 0) is 6.54 Å². The molecule has 2 heteroatoms. The number of hydrogen-bond donors (Lipinski definition) is 2. The molecule has 2 aromatic carbocycles. The van der Waals surface area contributed by atoms with Gasteiger partial charge >= 0.3 is 0 Å². The molecule has 1 unspecified atom stereocenters. The number of benzene rings is 2. The highest BCUT2D eigenvalue weighted by Gasteiger charge is 2.04. The Kier molecular flexibility index (Phi) is 3.96. The molecule has 0 saturated heterocycles. The van der Waals surface area contributed by atoms with Crippen LogP contribution in [-0.4, -0.2) is 4.98 Å². The van der Waals surface area contributed by atoms with E-state index in [1.54, 1.807) is 0 Å². The quantitative estimate of drug-likeness (QED) is 0.651. The summed E-state index contributed by atoms with van der Waals surface area (Å²) in [4.78, 5) is 3.32. The van der Waals surface area contributed by atoms with Crippen LogP contribution >= 0.6 is 0 Å². The summed E-state index contributed by atoms with van der Waals surface area (Å²) >= 11 is 0. The van der Waals surface area contributed by atoms with Gasteiger partial charge in [0.15, 0.2) is 0 Å². The third-order valence-electron chi connectivity index (χ3n) is 4.25. The molecule has 1 aromatic heterocycles. The number of fused-ring (bicyclic) bond motifs is 1. The molecule has 108 valence electrons. The number of hydrogen-bond acceptors (Lipinski definition) is 1. The van der Waals surface area contributed by atoms with Gasteiger partial charge in [0, 0.05) is 29.3 Å². The van der Waals surface area contributed by atoms with Crippen molar-refractivity contribution in [2.75, 3.05) is 5.32 Å². The SMILES string of the molecule is CCC(C)c1ccc(NCc2c[nH]c3ccccc23)cc1. The van der Waals surface area contributed by atoms with Crippen LogP contribution < -0.4 is 5.32 Å². The summed E-state index contributed by atoms with van der Waals surface area (Å²) in [6.07, 6.45) is 3.27. The molecule has 2 nitrogen and oxygen atoms in total. The van der Waals surface area contributed by atoms with E-state index in [-0.39, 0.29) is 0 Å². The molecule has 21 heavy (non-hydrogen) atoms. The van der Waals surface area contributed by atoms with Crippen molar-refractivity contribution in [3.8, 4) is 0 Å². The first-order chi connectivity index (χ1) is 10.3. The summed E-state index contributed by atoms with van der Waals surface area (Å²) in [5.74, 6) is 0.632. The number of rotatable bonds is 5. The fourth-order valence-electron chi connectivity index (χ4n) is 2.64. The molecule has 2 N–H and O–H groups in total. The first-order valence-corrected chi connectivity index (χ1v) is 7.66. The van der Waals surface area contributed by atoms with Gasteiger partial charge in [-0.25, -0.2) is 0 Å². The van der Waals surface area contributed by atoms with E-state index in [9.17, 15) is 0 Å². The summed E-state index contributed by atoms with van der Waals surface area (Å²) < 4.78 is 0. The number of nitrogens with one attached hydrogen (secondary N) is 2. The predicted octanol–water partition coefficient (Wildman–Crippen LogP) is 5.29. The van der Waals surface area contributed by atoms with Crippen LogP contribution in [0.25, 0.3) is 10.9 Å². The van der Waals surface area contributed by atoms with Gasteiger partial charge in [-0.3, -0.25) is 0 Å². The lowest BCUT2D eigenvalue weighted by atomic mass is 9.99. The molecule has 0 aliphatic heterocycles. The molecule has 0 amide bonds. The second-order valence-electron chi connectivity index (χ2n) is 5.64. The first-order valence-electron chi connectivity index (χ1n) is 7.66. The maximum absolute atomic E-state index is 3.50. The van der Waals surface area contributed by atoms with E-state index in [4.69, 9.17) is 0 Å². The van der Waals surface area contributed by atoms with Crippen molar-refractivity contribution in [1.82, 2.24) is 4.98 Å². The summed E-state index contributed by atoms with van der Waals surface area (Å²) in [6, 6.07) is 17.2. The highest BCUT2D eigenvalue weighted by molar-refractivity contribution is 5.83. The number of aromatic amines is 1. The van der Waals surface area contributed by atoms with Gasteiger partial charge in [-0.2, -0.15) is 0 Å². The number of H-pyrrole nitrogens is 1. The Morgan fingerprint density at radius 3 is 2.57 bits per heavy atom. The molecule has 3 aromatic rings. The third kappa shape index (κ3) is 2.94. The Hall–Kier alpha value is -2.22. The van der Waals surface area contributed by atoms with Crippen molar-refractivity contribution < 1.29 is 0 Å². The van der Waals surface area contributed by atoms with E-state index < -0.39 is 0 Å². The molecule has 1 atom stereocenters. The van der Waals surface area contributed by atoms with E-state index >= 15 is 0 Å². The molecule has 0 aliphatic carbocycles. The van der Waals surface area contributed by atoms with Gasteiger partial charge in [0.25, 0.3) is 0 Å². The monoisotopic (exact) mass is 278 g/mol. The van der Waals surface area contributed by atoms with Gasteiger partial charge in [-0.1, -0.05) is 44.2 Å². The van der Waals surface area contributed by atoms with E-state index in [1.807, 2.05) is 0 Å². The Morgan fingerprint density at radius 1 is 1.05 bits per heavy atom. The van der Waals surface area contributed by atoms with Crippen LogP contribution in [0.1, 0.15) is 37.3 Å². The van der Waals surface area contributed by atoms with Gasteiger partial charge in [0.05, 0.1) is 0 Å². The van der Waals surface area contributed by atoms with Crippen LogP contribution in [0.5, 0.6) is 0 Å². The van der Waals surface area contributed by atoms with Crippen molar-refractivity contribution in [3.63, 3.8) is 0 Å². The molecular formula is C19H22N2. The van der Waals surface area contributed by atoms with Gasteiger partial charge in [-0.15, -0.1) is 0 Å². The van der Waals surface area contributed by atoms with Crippen molar-refractivity contribution in [2.24, 2.45) is 0 Å². The standard InChI is InChI=1S/C19H22N2/c1-3-14(2)15-8-10-17(11-9-15)20-12-16-13-21-19-7-5-4-6-18(16)19/h4-11,13-14,20-21H,3,12H2,1-2H3. The van der Waals surface area contributed by atoms with Crippen LogP contribution in [0.2, 0.25) is 0 Å². The smallest absolute Gasteiger partial charge is 0.0457 e. The average Bonchev–Trinajstić information content (AvgIpc) is 2.96. The zero-order valence-electron chi connectivity index (χ0n) is 12.7. The molecule has 0 saturated carbocycles. The predicted molar refractivity (Wildman–Crippen MR) is 90.8 cm³/mol. The van der Waals surface area contributed by atoms with Crippen molar-refractivity contribution >= 4 is 16.6 Å². The topological polar surface area (TPSA) is 27.8 Å². The molecule has 1 heterocycles. The number of para-hydroxylation sites is 1. The van der Waals surface area contributed by atoms with Crippen LogP contribution in [0.3, 0.4) is 0 Å². The molecular weight excluding hydrogens is 256 g/mol. The summed E-state index contributed by atoms with van der Waals surface area (Å²) in [6.45, 7) is 5.34. The maximum atomic E-state index is 3.50. The number of aromatic nitrogens is 1. The lowest BCUT2D eigenvalue weighted by Crippen LogP contribution is -1.99. The molecule has 0 bridgehead atoms. The second kappa shape index (κ2) is 6.04. The molecule has 0 fully saturated rings. The van der Waals surface area contributed by atoms with E-state index in [1.165, 1.54) is 34.1 Å². The first kappa shape index (κ1) is 13.7. The fourth-order valence-corrected chi connectivity index (χ4v) is 2.64. The van der Waals surface area contributed by atoms with Gasteiger partial charge in [0.1, 0.15) is 0 Å². The van der Waals surface area contributed by atoms with Crippen molar-refractivity contribution in [1.29, 1.82) is 0 Å². The Labute approximate surface area is 126 Å². The largest absolute Gasteiger partial charge is 0.381 e. The highest BCUT2D eigenvalue weighted by atomic mass is 14.9. The lowest BCUT2D eigenvalue weighted by Gasteiger charge is -2.11. The second-order valence-corrected chi connectivity index (χ2v) is 5.64. The minimum Gasteiger partial charge on any atom is -0.381 e. The summed E-state index contributed by atoms with van der Waals surface area (Å²) in [5.41, 5.74) is 5.08. The molecule has 3 rings (SSSR count). The minimum atomic E-state index is 0.632. The highest BCUT2D eigenvalue weighted by Crippen LogP contribution is 2.22. The Balaban J connectivity index is 1.70. The van der Waals surface area contributed by atoms with E-state index in [0.717, 1.165) is 6.54 Å². The Bertz CT molecular complexity index is 710. The molecule has 0 radical (unpaired) electrons. The van der Waals surface area contributed by atoms with E-state index in [2.05, 4.69) is 78.9 Å². The zero-order valence-corrected chi connectivity index (χ0v) is 12.7. The van der Waals surface area contributed by atoms with Gasteiger partial charge < -0.3 is 10.3 Å². The zero-order chi connectivity index (χ0) is 14.7. The van der Waals surface area contributed by atoms with Crippen molar-refractivity contribution in [2.45, 2.75) is 32.7 Å².